The van der Waals surface area contributed by atoms with Gasteiger partial charge in [0.25, 0.3) is 5.91 Å². The lowest BCUT2D eigenvalue weighted by Crippen LogP contribution is -2.20. The highest BCUT2D eigenvalue weighted by Gasteiger charge is 2.05. The maximum absolute atomic E-state index is 12.1. The van der Waals surface area contributed by atoms with Gasteiger partial charge in [-0.1, -0.05) is 59.7 Å². The molecule has 144 valence electrons. The molecule has 29 heavy (non-hydrogen) atoms. The Morgan fingerprint density at radius 1 is 1.00 bits per heavy atom. The Hall–Kier alpha value is -3.84. The van der Waals surface area contributed by atoms with Crippen LogP contribution in [0, 0.1) is 25.2 Å². The minimum atomic E-state index is -0.229. The van der Waals surface area contributed by atoms with Crippen LogP contribution in [0.4, 0.5) is 5.69 Å². The Morgan fingerprint density at radius 2 is 1.66 bits per heavy atom. The number of hydrogen-bond donors (Lipinski definition) is 1. The van der Waals surface area contributed by atoms with Crippen molar-refractivity contribution in [1.29, 1.82) is 5.26 Å². The molecule has 4 heteroatoms. The van der Waals surface area contributed by atoms with Crippen LogP contribution >= 0.6 is 0 Å². The summed E-state index contributed by atoms with van der Waals surface area (Å²) in [6.45, 7) is 3.91. The van der Waals surface area contributed by atoms with Gasteiger partial charge in [0.15, 0.2) is 6.61 Å². The molecule has 0 bridgehead atoms. The van der Waals surface area contributed by atoms with Gasteiger partial charge in [-0.3, -0.25) is 4.79 Å². The first kappa shape index (κ1) is 19.9. The van der Waals surface area contributed by atoms with Crippen molar-refractivity contribution in [3.05, 3.63) is 95.1 Å². The molecule has 0 saturated heterocycles. The maximum atomic E-state index is 12.1. The van der Waals surface area contributed by atoms with Gasteiger partial charge < -0.3 is 10.1 Å². The van der Waals surface area contributed by atoms with E-state index < -0.39 is 0 Å². The van der Waals surface area contributed by atoms with E-state index in [1.54, 1.807) is 6.07 Å². The van der Waals surface area contributed by atoms with Crippen LogP contribution in [-0.4, -0.2) is 12.5 Å². The summed E-state index contributed by atoms with van der Waals surface area (Å²) < 4.78 is 5.62. The van der Waals surface area contributed by atoms with Crippen molar-refractivity contribution in [3.63, 3.8) is 0 Å². The normalized spacial score (nSPS) is 10.9. The fourth-order valence-corrected chi connectivity index (χ4v) is 2.76. The lowest BCUT2D eigenvalue weighted by molar-refractivity contribution is -0.118. The second kappa shape index (κ2) is 9.38. The van der Waals surface area contributed by atoms with Crippen molar-refractivity contribution in [1.82, 2.24) is 0 Å². The van der Waals surface area contributed by atoms with Gasteiger partial charge in [-0.25, -0.2) is 0 Å². The number of allylic oxidation sites excluding steroid dienone is 1. The molecule has 0 aromatic heterocycles. The summed E-state index contributed by atoms with van der Waals surface area (Å²) in [7, 11) is 0. The van der Waals surface area contributed by atoms with Crippen LogP contribution in [-0.2, 0) is 4.79 Å². The largest absolute Gasteiger partial charge is 0.484 e. The number of anilines is 1. The van der Waals surface area contributed by atoms with E-state index in [4.69, 9.17) is 4.74 Å². The van der Waals surface area contributed by atoms with Crippen molar-refractivity contribution in [2.24, 2.45) is 0 Å². The van der Waals surface area contributed by atoms with Gasteiger partial charge in [0.1, 0.15) is 5.75 Å². The predicted octanol–water partition coefficient (Wildman–Crippen LogP) is 5.39. The summed E-state index contributed by atoms with van der Waals surface area (Å²) in [5, 5.41) is 12.3. The van der Waals surface area contributed by atoms with E-state index in [1.807, 2.05) is 86.7 Å². The molecule has 0 unspecified atom stereocenters. The van der Waals surface area contributed by atoms with Crippen LogP contribution in [0.1, 0.15) is 22.3 Å². The van der Waals surface area contributed by atoms with Crippen LogP contribution in [0.5, 0.6) is 5.75 Å². The summed E-state index contributed by atoms with van der Waals surface area (Å²) in [5.41, 5.74) is 5.27. The molecule has 1 N–H and O–H groups in total. The Labute approximate surface area is 171 Å². The van der Waals surface area contributed by atoms with Crippen LogP contribution in [0.25, 0.3) is 11.6 Å². The first-order chi connectivity index (χ1) is 14.0. The van der Waals surface area contributed by atoms with Gasteiger partial charge in [0.05, 0.1) is 11.6 Å². The number of carbonyl (C=O) groups excluding carboxylic acids is 1. The van der Waals surface area contributed by atoms with E-state index >= 15 is 0 Å². The molecule has 3 aromatic rings. The molecule has 0 saturated carbocycles. The van der Waals surface area contributed by atoms with Crippen LogP contribution in [0.15, 0.2) is 72.8 Å². The molecular weight excluding hydrogens is 360 g/mol. The number of hydrogen-bond acceptors (Lipinski definition) is 3. The number of benzene rings is 3. The summed E-state index contributed by atoms with van der Waals surface area (Å²) in [6.07, 6.45) is 1.81. The Balaban J connectivity index is 1.65. The zero-order chi connectivity index (χ0) is 20.6. The summed E-state index contributed by atoms with van der Waals surface area (Å²) in [6, 6.07) is 25.0. The third-order valence-corrected chi connectivity index (χ3v) is 4.36. The third-order valence-electron chi connectivity index (χ3n) is 4.36. The zero-order valence-electron chi connectivity index (χ0n) is 16.5. The molecule has 0 fully saturated rings. The van der Waals surface area contributed by atoms with E-state index in [-0.39, 0.29) is 12.5 Å². The predicted molar refractivity (Wildman–Crippen MR) is 116 cm³/mol. The monoisotopic (exact) mass is 382 g/mol. The number of aryl methyl sites for hydroxylation is 2. The highest BCUT2D eigenvalue weighted by molar-refractivity contribution is 5.92. The van der Waals surface area contributed by atoms with Gasteiger partial charge in [-0.2, -0.15) is 5.26 Å². The van der Waals surface area contributed by atoms with Crippen LogP contribution in [0.2, 0.25) is 0 Å². The van der Waals surface area contributed by atoms with Crippen LogP contribution in [0.3, 0.4) is 0 Å². The molecule has 0 atom stereocenters. The molecule has 0 aliphatic carbocycles. The number of amides is 1. The van der Waals surface area contributed by atoms with E-state index in [9.17, 15) is 10.1 Å². The van der Waals surface area contributed by atoms with E-state index in [1.165, 1.54) is 0 Å². The highest BCUT2D eigenvalue weighted by atomic mass is 16.5. The Kier molecular flexibility index (Phi) is 6.44. The number of nitrogens with one attached hydrogen (secondary N) is 1. The standard InChI is InChI=1S/C25H22N2O2/c1-18-6-10-21(11-7-18)22(16-26)14-20-4-3-5-24(15-20)29-17-25(28)27-23-12-8-19(2)9-13-23/h3-15H,17H2,1-2H3,(H,27,28)/b22-14+. The number of rotatable bonds is 6. The zero-order valence-corrected chi connectivity index (χ0v) is 16.5. The average molecular weight is 382 g/mol. The van der Waals surface area contributed by atoms with Crippen molar-refractivity contribution < 1.29 is 9.53 Å². The molecule has 3 rings (SSSR count). The number of nitrogens with zero attached hydrogens (tertiary/aromatic N) is 1. The molecule has 0 heterocycles. The SMILES string of the molecule is Cc1ccc(NC(=O)COc2cccc(/C=C(\C#N)c3ccc(C)cc3)c2)cc1. The number of ether oxygens (including phenoxy) is 1. The van der Waals surface area contributed by atoms with Crippen molar-refractivity contribution in [3.8, 4) is 11.8 Å². The number of nitriles is 1. The Bertz CT molecular complexity index is 1060. The first-order valence-corrected chi connectivity index (χ1v) is 9.32. The molecule has 0 spiro atoms. The summed E-state index contributed by atoms with van der Waals surface area (Å²) in [5.74, 6) is 0.339. The minimum Gasteiger partial charge on any atom is -0.484 e. The second-order valence-electron chi connectivity index (χ2n) is 6.81. The van der Waals surface area contributed by atoms with Crippen molar-refractivity contribution in [2.45, 2.75) is 13.8 Å². The molecule has 3 aromatic carbocycles. The van der Waals surface area contributed by atoms with Gasteiger partial charge in [-0.15, -0.1) is 0 Å². The van der Waals surface area contributed by atoms with Crippen molar-refractivity contribution in [2.75, 3.05) is 11.9 Å². The van der Waals surface area contributed by atoms with Gasteiger partial charge in [0.2, 0.25) is 0 Å². The maximum Gasteiger partial charge on any atom is 0.262 e. The quantitative estimate of drug-likeness (QED) is 0.459. The van der Waals surface area contributed by atoms with E-state index in [0.717, 1.165) is 27.9 Å². The smallest absolute Gasteiger partial charge is 0.262 e. The Morgan fingerprint density at radius 3 is 2.31 bits per heavy atom. The van der Waals surface area contributed by atoms with Gasteiger partial charge in [0, 0.05) is 5.69 Å². The first-order valence-electron chi connectivity index (χ1n) is 9.32. The number of carbonyl (C=O) groups is 1. The third kappa shape index (κ3) is 5.82. The topological polar surface area (TPSA) is 62.1 Å². The summed E-state index contributed by atoms with van der Waals surface area (Å²) >= 11 is 0. The minimum absolute atomic E-state index is 0.0931. The lowest BCUT2D eigenvalue weighted by Gasteiger charge is -2.08. The van der Waals surface area contributed by atoms with Crippen molar-refractivity contribution >= 4 is 23.2 Å². The lowest BCUT2D eigenvalue weighted by atomic mass is 10.0. The van der Waals surface area contributed by atoms with Crippen LogP contribution < -0.4 is 10.1 Å². The van der Waals surface area contributed by atoms with E-state index in [0.29, 0.717) is 11.3 Å². The van der Waals surface area contributed by atoms with E-state index in [2.05, 4.69) is 11.4 Å². The molecule has 0 radical (unpaired) electrons. The van der Waals surface area contributed by atoms with Gasteiger partial charge >= 0.3 is 0 Å². The fourth-order valence-electron chi connectivity index (χ4n) is 2.76. The molecular formula is C25H22N2O2. The fraction of sp³-hybridized carbons (Fsp3) is 0.120. The molecule has 1 amide bonds. The van der Waals surface area contributed by atoms with Gasteiger partial charge in [-0.05, 0) is 55.3 Å². The molecule has 4 nitrogen and oxygen atoms in total. The molecule has 0 aliphatic rings. The summed E-state index contributed by atoms with van der Waals surface area (Å²) in [4.78, 5) is 12.1. The molecule has 0 aliphatic heterocycles. The highest BCUT2D eigenvalue weighted by Crippen LogP contribution is 2.21. The second-order valence-corrected chi connectivity index (χ2v) is 6.81. The average Bonchev–Trinajstić information content (AvgIpc) is 2.73.